The maximum Gasteiger partial charge on any atom is 0.0401 e. The Morgan fingerprint density at radius 3 is 2.35 bits per heavy atom. The van der Waals surface area contributed by atoms with E-state index in [1.54, 1.807) is 0 Å². The molecule has 2 aromatic carbocycles. The summed E-state index contributed by atoms with van der Waals surface area (Å²) in [7, 11) is 4.11. The number of aryl methyl sites for hydroxylation is 1. The molecule has 0 spiro atoms. The molecule has 4 heteroatoms. The molecule has 2 nitrogen and oxygen atoms in total. The molecule has 0 saturated carbocycles. The highest BCUT2D eigenvalue weighted by Gasteiger charge is 2.03. The first-order valence-corrected chi connectivity index (χ1v) is 8.02. The van der Waals surface area contributed by atoms with E-state index >= 15 is 0 Å². The highest BCUT2D eigenvalue weighted by Crippen LogP contribution is 2.25. The lowest BCUT2D eigenvalue weighted by atomic mass is 10.1. The number of halogens is 2. The Kier molecular flexibility index (Phi) is 5.11. The van der Waals surface area contributed by atoms with Crippen molar-refractivity contribution >= 4 is 43.2 Å². The van der Waals surface area contributed by atoms with Gasteiger partial charge in [-0.3, -0.25) is 0 Å². The second-order valence-corrected chi connectivity index (χ2v) is 6.70. The van der Waals surface area contributed by atoms with E-state index in [0.29, 0.717) is 0 Å². The predicted octanol–water partition coefficient (Wildman–Crippen LogP) is 5.20. The molecule has 0 radical (unpaired) electrons. The Morgan fingerprint density at radius 1 is 1.00 bits per heavy atom. The van der Waals surface area contributed by atoms with Crippen LogP contribution in [0.1, 0.15) is 11.1 Å². The number of nitrogens with zero attached hydrogens (tertiary/aromatic N) is 1. The van der Waals surface area contributed by atoms with Crippen molar-refractivity contribution in [3.8, 4) is 0 Å². The summed E-state index contributed by atoms with van der Waals surface area (Å²) >= 11 is 7.02. The SMILES string of the molecule is Cc1cc(N(C)C)ccc1NCc1ccc(Br)c(Br)c1. The fourth-order valence-electron chi connectivity index (χ4n) is 1.97. The van der Waals surface area contributed by atoms with Gasteiger partial charge in [-0.2, -0.15) is 0 Å². The van der Waals surface area contributed by atoms with Crippen molar-refractivity contribution in [2.75, 3.05) is 24.3 Å². The van der Waals surface area contributed by atoms with Crippen LogP contribution in [0.4, 0.5) is 11.4 Å². The molecule has 0 aliphatic rings. The molecule has 0 aliphatic heterocycles. The lowest BCUT2D eigenvalue weighted by Gasteiger charge is -2.16. The van der Waals surface area contributed by atoms with Crippen molar-refractivity contribution in [1.29, 1.82) is 0 Å². The first-order valence-electron chi connectivity index (χ1n) is 6.43. The van der Waals surface area contributed by atoms with Crippen molar-refractivity contribution in [2.45, 2.75) is 13.5 Å². The van der Waals surface area contributed by atoms with Gasteiger partial charge < -0.3 is 10.2 Å². The van der Waals surface area contributed by atoms with E-state index in [0.717, 1.165) is 15.5 Å². The molecule has 0 aliphatic carbocycles. The summed E-state index contributed by atoms with van der Waals surface area (Å²) < 4.78 is 2.16. The van der Waals surface area contributed by atoms with Crippen LogP contribution in [0.3, 0.4) is 0 Å². The van der Waals surface area contributed by atoms with E-state index in [2.05, 4.69) is 99.5 Å². The average molecular weight is 398 g/mol. The Labute approximate surface area is 137 Å². The maximum absolute atomic E-state index is 3.53. The lowest BCUT2D eigenvalue weighted by Crippen LogP contribution is -2.09. The van der Waals surface area contributed by atoms with Gasteiger partial charge in [0.2, 0.25) is 0 Å². The minimum atomic E-state index is 0.814. The van der Waals surface area contributed by atoms with Gasteiger partial charge >= 0.3 is 0 Å². The zero-order valence-corrected chi connectivity index (χ0v) is 15.0. The van der Waals surface area contributed by atoms with Crippen molar-refractivity contribution in [3.63, 3.8) is 0 Å². The van der Waals surface area contributed by atoms with E-state index in [-0.39, 0.29) is 0 Å². The molecule has 1 N–H and O–H groups in total. The number of anilines is 2. The number of benzene rings is 2. The highest BCUT2D eigenvalue weighted by atomic mass is 79.9. The molecule has 2 rings (SSSR count). The van der Waals surface area contributed by atoms with Crippen LogP contribution in [0.5, 0.6) is 0 Å². The molecule has 2 aromatic rings. The molecule has 0 fully saturated rings. The van der Waals surface area contributed by atoms with Crippen molar-refractivity contribution in [2.24, 2.45) is 0 Å². The van der Waals surface area contributed by atoms with Gasteiger partial charge in [-0.25, -0.2) is 0 Å². The normalized spacial score (nSPS) is 10.4. The predicted molar refractivity (Wildman–Crippen MR) is 94.7 cm³/mol. The van der Waals surface area contributed by atoms with Crippen LogP contribution in [0.25, 0.3) is 0 Å². The third-order valence-corrected chi connectivity index (χ3v) is 5.07. The van der Waals surface area contributed by atoms with Crippen LogP contribution >= 0.6 is 31.9 Å². The van der Waals surface area contributed by atoms with Crippen molar-refractivity contribution in [1.82, 2.24) is 0 Å². The summed E-state index contributed by atoms with van der Waals surface area (Å²) in [6.07, 6.45) is 0. The van der Waals surface area contributed by atoms with Crippen LogP contribution in [-0.4, -0.2) is 14.1 Å². The summed E-state index contributed by atoms with van der Waals surface area (Å²) in [5.74, 6) is 0. The number of nitrogens with one attached hydrogen (secondary N) is 1. The molecule has 0 aromatic heterocycles. The average Bonchev–Trinajstić information content (AvgIpc) is 2.41. The smallest absolute Gasteiger partial charge is 0.0401 e. The van der Waals surface area contributed by atoms with Gasteiger partial charge in [-0.1, -0.05) is 6.07 Å². The van der Waals surface area contributed by atoms with Crippen LogP contribution in [-0.2, 0) is 6.54 Å². The van der Waals surface area contributed by atoms with Gasteiger partial charge in [0.05, 0.1) is 0 Å². The summed E-state index contributed by atoms with van der Waals surface area (Å²) in [6.45, 7) is 2.95. The van der Waals surface area contributed by atoms with E-state index < -0.39 is 0 Å². The zero-order valence-electron chi connectivity index (χ0n) is 11.9. The third-order valence-electron chi connectivity index (χ3n) is 3.19. The summed E-state index contributed by atoms with van der Waals surface area (Å²) in [4.78, 5) is 2.11. The van der Waals surface area contributed by atoms with Gasteiger partial charge in [-0.05, 0) is 80.2 Å². The minimum absolute atomic E-state index is 0.814. The molecular weight excluding hydrogens is 380 g/mol. The standard InChI is InChI=1S/C16H18Br2N2/c1-11-8-13(20(2)3)5-7-16(11)19-10-12-4-6-14(17)15(18)9-12/h4-9,19H,10H2,1-3H3. The molecule has 0 amide bonds. The number of rotatable bonds is 4. The van der Waals surface area contributed by atoms with Gasteiger partial charge in [0.25, 0.3) is 0 Å². The Bertz CT molecular complexity index is 609. The highest BCUT2D eigenvalue weighted by molar-refractivity contribution is 9.13. The summed E-state index contributed by atoms with van der Waals surface area (Å²) in [5, 5.41) is 3.49. The first-order chi connectivity index (χ1) is 9.47. The lowest BCUT2D eigenvalue weighted by molar-refractivity contribution is 1.11. The fourth-order valence-corrected chi connectivity index (χ4v) is 2.64. The third kappa shape index (κ3) is 3.76. The monoisotopic (exact) mass is 396 g/mol. The first kappa shape index (κ1) is 15.4. The van der Waals surface area contributed by atoms with Gasteiger partial charge in [0, 0.05) is 41.0 Å². The molecule has 0 atom stereocenters. The maximum atomic E-state index is 3.53. The van der Waals surface area contributed by atoms with Crippen LogP contribution in [0, 0.1) is 6.92 Å². The molecule has 0 saturated heterocycles. The second kappa shape index (κ2) is 6.64. The quantitative estimate of drug-likeness (QED) is 0.762. The van der Waals surface area contributed by atoms with Gasteiger partial charge in [-0.15, -0.1) is 0 Å². The molecule has 0 unspecified atom stereocenters. The molecule has 0 bridgehead atoms. The number of hydrogen-bond acceptors (Lipinski definition) is 2. The molecule has 20 heavy (non-hydrogen) atoms. The van der Waals surface area contributed by atoms with Crippen LogP contribution < -0.4 is 10.2 Å². The zero-order chi connectivity index (χ0) is 14.7. The van der Waals surface area contributed by atoms with Crippen molar-refractivity contribution < 1.29 is 0 Å². The van der Waals surface area contributed by atoms with Crippen molar-refractivity contribution in [3.05, 3.63) is 56.5 Å². The van der Waals surface area contributed by atoms with E-state index in [9.17, 15) is 0 Å². The largest absolute Gasteiger partial charge is 0.381 e. The Morgan fingerprint density at radius 2 is 1.75 bits per heavy atom. The van der Waals surface area contributed by atoms with E-state index in [1.807, 2.05) is 0 Å². The Hall–Kier alpha value is -1.000. The topological polar surface area (TPSA) is 15.3 Å². The summed E-state index contributed by atoms with van der Waals surface area (Å²) in [5.41, 5.74) is 4.90. The molecular formula is C16H18Br2N2. The fraction of sp³-hybridized carbons (Fsp3) is 0.250. The van der Waals surface area contributed by atoms with Crippen LogP contribution in [0.15, 0.2) is 45.3 Å². The van der Waals surface area contributed by atoms with Gasteiger partial charge in [0.1, 0.15) is 0 Å². The van der Waals surface area contributed by atoms with Crippen LogP contribution in [0.2, 0.25) is 0 Å². The summed E-state index contributed by atoms with van der Waals surface area (Å²) in [6, 6.07) is 12.8. The van der Waals surface area contributed by atoms with Gasteiger partial charge in [0.15, 0.2) is 0 Å². The van der Waals surface area contributed by atoms with E-state index in [1.165, 1.54) is 22.5 Å². The Balaban J connectivity index is 2.09. The number of hydrogen-bond donors (Lipinski definition) is 1. The van der Waals surface area contributed by atoms with E-state index in [4.69, 9.17) is 0 Å². The molecule has 106 valence electrons. The molecule has 0 heterocycles. The minimum Gasteiger partial charge on any atom is -0.381 e. The second-order valence-electron chi connectivity index (χ2n) is 5.00.